The minimum absolute atomic E-state index is 0.135. The summed E-state index contributed by atoms with van der Waals surface area (Å²) in [6, 6.07) is 0. The van der Waals surface area contributed by atoms with E-state index in [1.54, 1.807) is 20.8 Å². The van der Waals surface area contributed by atoms with Crippen molar-refractivity contribution in [3.05, 3.63) is 0 Å². The second kappa shape index (κ2) is 5.24. The van der Waals surface area contributed by atoms with Crippen molar-refractivity contribution in [2.75, 3.05) is 13.1 Å². The van der Waals surface area contributed by atoms with Crippen molar-refractivity contribution in [1.29, 1.82) is 0 Å². The third kappa shape index (κ3) is 3.90. The zero-order chi connectivity index (χ0) is 13.9. The van der Waals surface area contributed by atoms with Gasteiger partial charge >= 0.3 is 6.09 Å². The molecule has 0 saturated carbocycles. The van der Waals surface area contributed by atoms with Gasteiger partial charge in [-0.1, -0.05) is 5.16 Å². The van der Waals surface area contributed by atoms with Crippen LogP contribution in [0.1, 0.15) is 27.7 Å². The van der Waals surface area contributed by atoms with E-state index >= 15 is 0 Å². The van der Waals surface area contributed by atoms with Crippen LogP contribution in [0.25, 0.3) is 0 Å². The zero-order valence-corrected chi connectivity index (χ0v) is 11.1. The van der Waals surface area contributed by atoms with E-state index in [2.05, 4.69) is 10.5 Å². The first-order valence-electron chi connectivity index (χ1n) is 5.70. The topological polar surface area (TPSA) is 91.2 Å². The third-order valence-corrected chi connectivity index (χ3v) is 2.36. The van der Waals surface area contributed by atoms with Crippen LogP contribution >= 0.6 is 0 Å². The van der Waals surface area contributed by atoms with Gasteiger partial charge in [0.05, 0.1) is 5.92 Å². The van der Waals surface area contributed by atoms with E-state index in [1.807, 2.05) is 0 Å². The molecule has 1 aliphatic rings. The predicted molar refractivity (Wildman–Crippen MR) is 64.3 cm³/mol. The van der Waals surface area contributed by atoms with Gasteiger partial charge in [0.25, 0.3) is 0 Å². The SMILES string of the molecule is C/C(=N\O)NC(=O)C1CN(C(=O)OC(C)(C)C)C1. The molecule has 0 spiro atoms. The van der Waals surface area contributed by atoms with E-state index in [0.29, 0.717) is 13.1 Å². The summed E-state index contributed by atoms with van der Waals surface area (Å²) in [5.41, 5.74) is -0.537. The summed E-state index contributed by atoms with van der Waals surface area (Å²) in [4.78, 5) is 24.6. The van der Waals surface area contributed by atoms with E-state index in [0.717, 1.165) is 0 Å². The molecule has 0 aliphatic carbocycles. The van der Waals surface area contributed by atoms with Gasteiger partial charge in [0.15, 0.2) is 0 Å². The Hall–Kier alpha value is -1.79. The van der Waals surface area contributed by atoms with E-state index in [4.69, 9.17) is 9.94 Å². The largest absolute Gasteiger partial charge is 0.444 e. The molecule has 1 saturated heterocycles. The number of oxime groups is 1. The molecule has 7 nitrogen and oxygen atoms in total. The minimum atomic E-state index is -0.537. The lowest BCUT2D eigenvalue weighted by Gasteiger charge is -2.38. The Morgan fingerprint density at radius 3 is 2.39 bits per heavy atom. The Labute approximate surface area is 106 Å². The Morgan fingerprint density at radius 1 is 1.39 bits per heavy atom. The van der Waals surface area contributed by atoms with Crippen LogP contribution in [0.3, 0.4) is 0 Å². The molecule has 2 amide bonds. The van der Waals surface area contributed by atoms with Crippen LogP contribution in [0.2, 0.25) is 0 Å². The van der Waals surface area contributed by atoms with E-state index in [1.165, 1.54) is 11.8 Å². The fourth-order valence-electron chi connectivity index (χ4n) is 1.43. The summed E-state index contributed by atoms with van der Waals surface area (Å²) in [6.07, 6.45) is -0.418. The lowest BCUT2D eigenvalue weighted by atomic mass is 10.00. The summed E-state index contributed by atoms with van der Waals surface area (Å²) in [6.45, 7) is 7.48. The first-order chi connectivity index (χ1) is 8.23. The molecule has 0 radical (unpaired) electrons. The molecule has 0 aromatic heterocycles. The third-order valence-electron chi connectivity index (χ3n) is 2.36. The molecule has 18 heavy (non-hydrogen) atoms. The number of carbonyl (C=O) groups excluding carboxylic acids is 2. The molecule has 0 aromatic rings. The highest BCUT2D eigenvalue weighted by Gasteiger charge is 2.37. The molecule has 1 heterocycles. The van der Waals surface area contributed by atoms with E-state index in [-0.39, 0.29) is 17.7 Å². The Morgan fingerprint density at radius 2 is 1.94 bits per heavy atom. The van der Waals surface area contributed by atoms with Crippen LogP contribution in [-0.4, -0.2) is 46.6 Å². The van der Waals surface area contributed by atoms with Crippen LogP contribution in [0.15, 0.2) is 5.16 Å². The molecule has 102 valence electrons. The monoisotopic (exact) mass is 257 g/mol. The second-order valence-electron chi connectivity index (χ2n) is 5.26. The molecular weight excluding hydrogens is 238 g/mol. The van der Waals surface area contributed by atoms with Gasteiger partial charge in [0, 0.05) is 13.1 Å². The molecule has 0 atom stereocenters. The highest BCUT2D eigenvalue weighted by atomic mass is 16.6. The van der Waals surface area contributed by atoms with Crippen molar-refractivity contribution in [2.45, 2.75) is 33.3 Å². The van der Waals surface area contributed by atoms with Crippen LogP contribution in [0.5, 0.6) is 0 Å². The standard InChI is InChI=1S/C11H19N3O4/c1-7(13-17)12-9(15)8-5-14(6-8)10(16)18-11(2,3)4/h8,17H,5-6H2,1-4H3,(H,12,13,15). The fraction of sp³-hybridized carbons (Fsp3) is 0.727. The lowest BCUT2D eigenvalue weighted by Crippen LogP contribution is -2.57. The summed E-state index contributed by atoms with van der Waals surface area (Å²) in [7, 11) is 0. The molecule has 0 bridgehead atoms. The molecule has 2 N–H and O–H groups in total. The number of rotatable bonds is 1. The number of nitrogens with zero attached hydrogens (tertiary/aromatic N) is 2. The highest BCUT2D eigenvalue weighted by Crippen LogP contribution is 2.19. The fourth-order valence-corrected chi connectivity index (χ4v) is 1.43. The Bertz CT molecular complexity index is 367. The average molecular weight is 257 g/mol. The van der Waals surface area contributed by atoms with Gasteiger partial charge in [0.1, 0.15) is 11.4 Å². The molecular formula is C11H19N3O4. The van der Waals surface area contributed by atoms with Crippen molar-refractivity contribution in [3.8, 4) is 0 Å². The van der Waals surface area contributed by atoms with Crippen molar-refractivity contribution in [3.63, 3.8) is 0 Å². The Kier molecular flexibility index (Phi) is 4.15. The maximum absolute atomic E-state index is 11.6. The quantitative estimate of drug-likeness (QED) is 0.314. The Balaban J connectivity index is 2.36. The maximum atomic E-state index is 11.6. The maximum Gasteiger partial charge on any atom is 0.410 e. The summed E-state index contributed by atoms with van der Waals surface area (Å²) >= 11 is 0. The van der Waals surface area contributed by atoms with E-state index < -0.39 is 11.7 Å². The van der Waals surface area contributed by atoms with Gasteiger partial charge in [-0.05, 0) is 27.7 Å². The number of amidine groups is 1. The summed E-state index contributed by atoms with van der Waals surface area (Å²) in [5.74, 6) is -0.407. The van der Waals surface area contributed by atoms with Crippen LogP contribution < -0.4 is 5.32 Å². The number of hydrogen-bond acceptors (Lipinski definition) is 5. The zero-order valence-electron chi connectivity index (χ0n) is 11.1. The molecule has 0 unspecified atom stereocenters. The number of ether oxygens (including phenoxy) is 1. The van der Waals surface area contributed by atoms with Gasteiger partial charge in [-0.2, -0.15) is 0 Å². The van der Waals surface area contributed by atoms with Crippen molar-refractivity contribution < 1.29 is 19.5 Å². The number of amides is 2. The van der Waals surface area contributed by atoms with Crippen molar-refractivity contribution in [2.24, 2.45) is 11.1 Å². The van der Waals surface area contributed by atoms with Gasteiger partial charge in [-0.3, -0.25) is 4.79 Å². The van der Waals surface area contributed by atoms with E-state index in [9.17, 15) is 9.59 Å². The number of nitrogens with one attached hydrogen (secondary N) is 1. The first-order valence-corrected chi connectivity index (χ1v) is 5.70. The van der Waals surface area contributed by atoms with Crippen LogP contribution in [-0.2, 0) is 9.53 Å². The summed E-state index contributed by atoms with van der Waals surface area (Å²) < 4.78 is 5.16. The molecule has 0 aromatic carbocycles. The molecule has 7 heteroatoms. The smallest absolute Gasteiger partial charge is 0.410 e. The summed E-state index contributed by atoms with van der Waals surface area (Å²) in [5, 5.41) is 13.7. The molecule has 1 fully saturated rings. The van der Waals surface area contributed by atoms with Crippen LogP contribution in [0, 0.1) is 5.92 Å². The van der Waals surface area contributed by atoms with Crippen molar-refractivity contribution in [1.82, 2.24) is 10.2 Å². The predicted octanol–water partition coefficient (Wildman–Crippen LogP) is 0.777. The number of carbonyl (C=O) groups is 2. The normalized spacial score (nSPS) is 17.1. The van der Waals surface area contributed by atoms with Gasteiger partial charge < -0.3 is 20.2 Å². The van der Waals surface area contributed by atoms with Crippen LogP contribution in [0.4, 0.5) is 4.79 Å². The van der Waals surface area contributed by atoms with Gasteiger partial charge in [-0.15, -0.1) is 0 Å². The molecule has 1 aliphatic heterocycles. The highest BCUT2D eigenvalue weighted by molar-refractivity contribution is 5.98. The first kappa shape index (κ1) is 14.3. The van der Waals surface area contributed by atoms with Gasteiger partial charge in [0.2, 0.25) is 5.91 Å². The van der Waals surface area contributed by atoms with Gasteiger partial charge in [-0.25, -0.2) is 4.79 Å². The number of likely N-dealkylation sites (tertiary alicyclic amines) is 1. The van der Waals surface area contributed by atoms with Crippen molar-refractivity contribution >= 4 is 17.8 Å². The lowest BCUT2D eigenvalue weighted by molar-refractivity contribution is -0.128. The number of hydrogen-bond donors (Lipinski definition) is 2. The molecule has 1 rings (SSSR count). The average Bonchev–Trinajstić information content (AvgIpc) is 2.11. The second-order valence-corrected chi connectivity index (χ2v) is 5.26. The minimum Gasteiger partial charge on any atom is -0.444 e.